The van der Waals surface area contributed by atoms with Crippen LogP contribution in [0.25, 0.3) is 11.1 Å². The monoisotopic (exact) mass is 194 g/mol. The van der Waals surface area contributed by atoms with Gasteiger partial charge in [-0.2, -0.15) is 0 Å². The first-order chi connectivity index (χ1) is 7.27. The lowest BCUT2D eigenvalue weighted by molar-refractivity contribution is 1.11. The topological polar surface area (TPSA) is 0 Å². The molecule has 0 bridgehead atoms. The maximum Gasteiger partial charge on any atom is 0.0244 e. The second-order valence-corrected chi connectivity index (χ2v) is 4.41. The molecule has 1 atom stereocenters. The summed E-state index contributed by atoms with van der Waals surface area (Å²) < 4.78 is 0. The van der Waals surface area contributed by atoms with Crippen LogP contribution >= 0.6 is 0 Å². The largest absolute Gasteiger partial charge is 0.0729 e. The predicted octanol–water partition coefficient (Wildman–Crippen LogP) is 2.07. The Bertz CT molecular complexity index is 597. The van der Waals surface area contributed by atoms with Crippen molar-refractivity contribution in [3.05, 3.63) is 58.5 Å². The zero-order valence-electron chi connectivity index (χ0n) is 9.12. The first kappa shape index (κ1) is 8.72. The van der Waals surface area contributed by atoms with Crippen molar-refractivity contribution in [3.63, 3.8) is 0 Å². The molecular weight excluding hydrogens is 180 g/mol. The van der Waals surface area contributed by atoms with Crippen molar-refractivity contribution in [2.45, 2.75) is 13.8 Å². The molecule has 0 nitrogen and oxygen atoms in total. The van der Waals surface area contributed by atoms with E-state index in [4.69, 9.17) is 0 Å². The van der Waals surface area contributed by atoms with E-state index < -0.39 is 0 Å². The molecule has 3 rings (SSSR count). The Morgan fingerprint density at radius 1 is 1.00 bits per heavy atom. The lowest BCUT2D eigenvalue weighted by Gasteiger charge is -2.12. The second kappa shape index (κ2) is 2.96. The van der Waals surface area contributed by atoms with Crippen LogP contribution in [-0.2, 0) is 0 Å². The molecule has 0 amide bonds. The minimum Gasteiger partial charge on any atom is -0.0729 e. The molecule has 0 N–H and O–H groups in total. The van der Waals surface area contributed by atoms with Gasteiger partial charge in [0.2, 0.25) is 0 Å². The van der Waals surface area contributed by atoms with Gasteiger partial charge in [0.25, 0.3) is 0 Å². The highest BCUT2D eigenvalue weighted by molar-refractivity contribution is 5.79. The van der Waals surface area contributed by atoms with Gasteiger partial charge in [0, 0.05) is 5.92 Å². The standard InChI is InChI=1S/C15H14/c1-10-7-8-13-11(2)12-5-3-4-6-14(12)15(13)9-10/h3-9,12H,1-2H3. The number of hydrogen-bond donors (Lipinski definition) is 0. The van der Waals surface area contributed by atoms with Crippen LogP contribution in [0.2, 0.25) is 0 Å². The van der Waals surface area contributed by atoms with Gasteiger partial charge in [0.15, 0.2) is 0 Å². The van der Waals surface area contributed by atoms with Gasteiger partial charge in [0.1, 0.15) is 0 Å². The van der Waals surface area contributed by atoms with Crippen LogP contribution in [0.1, 0.15) is 12.5 Å². The number of allylic oxidation sites excluding steroid dienone is 4. The Morgan fingerprint density at radius 2 is 1.87 bits per heavy atom. The van der Waals surface area contributed by atoms with E-state index in [1.807, 2.05) is 0 Å². The van der Waals surface area contributed by atoms with E-state index in [0.29, 0.717) is 5.92 Å². The highest BCUT2D eigenvalue weighted by Gasteiger charge is 2.20. The Morgan fingerprint density at radius 3 is 2.73 bits per heavy atom. The smallest absolute Gasteiger partial charge is 0.0244 e. The van der Waals surface area contributed by atoms with Crippen LogP contribution in [0, 0.1) is 12.8 Å². The molecule has 0 saturated carbocycles. The minimum atomic E-state index is 0.520. The maximum atomic E-state index is 2.30. The van der Waals surface area contributed by atoms with Gasteiger partial charge in [0.05, 0.1) is 0 Å². The van der Waals surface area contributed by atoms with Crippen LogP contribution in [0.15, 0.2) is 42.5 Å². The van der Waals surface area contributed by atoms with Crippen LogP contribution in [-0.4, -0.2) is 0 Å². The first-order valence-corrected chi connectivity index (χ1v) is 5.44. The lowest BCUT2D eigenvalue weighted by atomic mass is 9.92. The third-order valence-corrected chi connectivity index (χ3v) is 3.40. The van der Waals surface area contributed by atoms with Crippen molar-refractivity contribution in [3.8, 4) is 0 Å². The summed E-state index contributed by atoms with van der Waals surface area (Å²) in [6, 6.07) is 6.76. The number of aryl methyl sites for hydroxylation is 1. The van der Waals surface area contributed by atoms with Crippen LogP contribution in [0.5, 0.6) is 0 Å². The van der Waals surface area contributed by atoms with E-state index in [0.717, 1.165) is 0 Å². The van der Waals surface area contributed by atoms with Gasteiger partial charge in [-0.25, -0.2) is 0 Å². The summed E-state index contributed by atoms with van der Waals surface area (Å²) in [6.45, 7) is 4.40. The van der Waals surface area contributed by atoms with Crippen molar-refractivity contribution in [2.24, 2.45) is 5.92 Å². The second-order valence-electron chi connectivity index (χ2n) is 4.41. The van der Waals surface area contributed by atoms with E-state index in [2.05, 4.69) is 56.4 Å². The Kier molecular flexibility index (Phi) is 1.72. The van der Waals surface area contributed by atoms with Crippen molar-refractivity contribution in [1.29, 1.82) is 0 Å². The Labute approximate surface area is 89.9 Å². The molecule has 0 saturated heterocycles. The summed E-state index contributed by atoms with van der Waals surface area (Å²) in [4.78, 5) is 0. The molecule has 0 radical (unpaired) electrons. The van der Waals surface area contributed by atoms with Gasteiger partial charge in [-0.05, 0) is 29.9 Å². The van der Waals surface area contributed by atoms with Gasteiger partial charge in [-0.3, -0.25) is 0 Å². The molecule has 0 aromatic heterocycles. The van der Waals surface area contributed by atoms with E-state index in [1.165, 1.54) is 27.1 Å². The van der Waals surface area contributed by atoms with Gasteiger partial charge in [-0.1, -0.05) is 53.6 Å². The molecule has 0 heteroatoms. The molecule has 15 heavy (non-hydrogen) atoms. The average molecular weight is 194 g/mol. The number of benzene rings is 1. The zero-order chi connectivity index (χ0) is 10.4. The normalized spacial score (nSPS) is 21.9. The fraction of sp³-hybridized carbons (Fsp3) is 0.200. The molecule has 74 valence electrons. The minimum absolute atomic E-state index is 0.520. The van der Waals surface area contributed by atoms with E-state index in [9.17, 15) is 0 Å². The number of rotatable bonds is 0. The van der Waals surface area contributed by atoms with Gasteiger partial charge in [-0.15, -0.1) is 0 Å². The molecule has 2 aliphatic carbocycles. The van der Waals surface area contributed by atoms with Crippen LogP contribution < -0.4 is 10.4 Å². The predicted molar refractivity (Wildman–Crippen MR) is 64.7 cm³/mol. The SMILES string of the molecule is CC1=c2ccc(C)cc2=C2C=CC=CC12. The quantitative estimate of drug-likeness (QED) is 0.593. The maximum absolute atomic E-state index is 2.30. The van der Waals surface area contributed by atoms with Crippen molar-refractivity contribution < 1.29 is 0 Å². The third kappa shape index (κ3) is 1.14. The first-order valence-electron chi connectivity index (χ1n) is 5.44. The highest BCUT2D eigenvalue weighted by Crippen LogP contribution is 2.28. The summed E-state index contributed by atoms with van der Waals surface area (Å²) >= 11 is 0. The number of fused-ring (bicyclic) bond motifs is 2. The van der Waals surface area contributed by atoms with Crippen molar-refractivity contribution >= 4 is 11.1 Å². The summed E-state index contributed by atoms with van der Waals surface area (Å²) in [6.07, 6.45) is 8.83. The van der Waals surface area contributed by atoms with E-state index in [-0.39, 0.29) is 0 Å². The van der Waals surface area contributed by atoms with E-state index in [1.54, 1.807) is 0 Å². The zero-order valence-corrected chi connectivity index (χ0v) is 9.12. The molecule has 0 heterocycles. The molecule has 1 aromatic carbocycles. The fourth-order valence-corrected chi connectivity index (χ4v) is 2.59. The van der Waals surface area contributed by atoms with Crippen LogP contribution in [0.4, 0.5) is 0 Å². The molecule has 2 aliphatic rings. The lowest BCUT2D eigenvalue weighted by Crippen LogP contribution is -2.23. The highest BCUT2D eigenvalue weighted by atomic mass is 14.2. The number of hydrogen-bond acceptors (Lipinski definition) is 0. The van der Waals surface area contributed by atoms with E-state index >= 15 is 0 Å². The van der Waals surface area contributed by atoms with Crippen LogP contribution in [0.3, 0.4) is 0 Å². The Hall–Kier alpha value is -1.56. The molecule has 1 unspecified atom stereocenters. The fourth-order valence-electron chi connectivity index (χ4n) is 2.59. The van der Waals surface area contributed by atoms with Gasteiger partial charge < -0.3 is 0 Å². The van der Waals surface area contributed by atoms with Crippen molar-refractivity contribution in [1.82, 2.24) is 0 Å². The molecule has 1 aromatic rings. The third-order valence-electron chi connectivity index (χ3n) is 3.40. The summed E-state index contributed by atoms with van der Waals surface area (Å²) in [5.41, 5.74) is 4.30. The molecule has 0 spiro atoms. The van der Waals surface area contributed by atoms with Gasteiger partial charge >= 0.3 is 0 Å². The summed E-state index contributed by atoms with van der Waals surface area (Å²) in [5, 5.41) is 2.86. The molecule has 0 fully saturated rings. The molecular formula is C15H14. The summed E-state index contributed by atoms with van der Waals surface area (Å²) in [5.74, 6) is 0.520. The summed E-state index contributed by atoms with van der Waals surface area (Å²) in [7, 11) is 0. The average Bonchev–Trinajstić information content (AvgIpc) is 2.54. The van der Waals surface area contributed by atoms with Crippen molar-refractivity contribution in [2.75, 3.05) is 0 Å². The molecule has 0 aliphatic heterocycles. The Balaban J connectivity index is 2.47.